The average molecular weight is 368 g/mol. The number of hydrogen-bond acceptors (Lipinski definition) is 5. The molecule has 0 saturated carbocycles. The number of ether oxygens (including phenoxy) is 1. The third-order valence-corrected chi connectivity index (χ3v) is 4.64. The highest BCUT2D eigenvalue weighted by molar-refractivity contribution is 5.85. The van der Waals surface area contributed by atoms with Gasteiger partial charge in [0, 0.05) is 37.7 Å². The molecule has 1 aromatic carbocycles. The Labute approximate surface area is 159 Å². The van der Waals surface area contributed by atoms with Gasteiger partial charge >= 0.3 is 5.91 Å². The Hall–Kier alpha value is -2.77. The molecule has 142 valence electrons. The molecule has 1 amide bonds. The van der Waals surface area contributed by atoms with Crippen LogP contribution in [0.1, 0.15) is 17.2 Å². The van der Waals surface area contributed by atoms with Crippen molar-refractivity contribution < 1.29 is 14.4 Å². The lowest BCUT2D eigenvalue weighted by Crippen LogP contribution is -3.15. The summed E-state index contributed by atoms with van der Waals surface area (Å²) in [6.07, 6.45) is 5.09. The zero-order valence-corrected chi connectivity index (χ0v) is 15.8. The SMILES string of the molecule is CN(C)c1ccc(/C=N\NC(=O)[C@H](c2ccncc2)[NH+]2CCOCC2)cc1. The molecule has 2 heterocycles. The van der Waals surface area contributed by atoms with Gasteiger partial charge in [0.25, 0.3) is 0 Å². The largest absolute Gasteiger partial charge is 0.378 e. The van der Waals surface area contributed by atoms with Crippen molar-refractivity contribution in [1.29, 1.82) is 0 Å². The predicted molar refractivity (Wildman–Crippen MR) is 105 cm³/mol. The summed E-state index contributed by atoms with van der Waals surface area (Å²) in [5.41, 5.74) is 5.68. The second-order valence-electron chi connectivity index (χ2n) is 6.70. The van der Waals surface area contributed by atoms with Crippen LogP contribution in [0.15, 0.2) is 53.9 Å². The van der Waals surface area contributed by atoms with Gasteiger partial charge in [-0.1, -0.05) is 12.1 Å². The van der Waals surface area contributed by atoms with Crippen molar-refractivity contribution in [1.82, 2.24) is 10.4 Å². The molecule has 27 heavy (non-hydrogen) atoms. The predicted octanol–water partition coefficient (Wildman–Crippen LogP) is 0.254. The first-order valence-corrected chi connectivity index (χ1v) is 9.07. The van der Waals surface area contributed by atoms with E-state index < -0.39 is 0 Å². The lowest BCUT2D eigenvalue weighted by molar-refractivity contribution is -0.929. The molecule has 1 saturated heterocycles. The van der Waals surface area contributed by atoms with E-state index in [0.29, 0.717) is 13.2 Å². The molecular formula is C20H26N5O2+. The number of benzene rings is 1. The first-order chi connectivity index (χ1) is 13.1. The lowest BCUT2D eigenvalue weighted by Gasteiger charge is -2.30. The number of carbonyl (C=O) groups excluding carboxylic acids is 1. The van der Waals surface area contributed by atoms with Crippen molar-refractivity contribution in [3.63, 3.8) is 0 Å². The number of hydrogen-bond donors (Lipinski definition) is 2. The Morgan fingerprint density at radius 3 is 2.48 bits per heavy atom. The molecule has 0 aliphatic carbocycles. The molecule has 7 heteroatoms. The summed E-state index contributed by atoms with van der Waals surface area (Å²) in [6, 6.07) is 11.4. The third kappa shape index (κ3) is 5.12. The first kappa shape index (κ1) is 19.0. The van der Waals surface area contributed by atoms with Crippen LogP contribution in [0.25, 0.3) is 0 Å². The summed E-state index contributed by atoms with van der Waals surface area (Å²) in [5.74, 6) is -0.126. The number of amides is 1. The molecule has 1 aliphatic heterocycles. The van der Waals surface area contributed by atoms with Crippen LogP contribution in [-0.4, -0.2) is 57.5 Å². The van der Waals surface area contributed by atoms with E-state index in [1.54, 1.807) is 18.6 Å². The monoisotopic (exact) mass is 368 g/mol. The van der Waals surface area contributed by atoms with E-state index in [0.717, 1.165) is 29.9 Å². The van der Waals surface area contributed by atoms with Gasteiger partial charge in [0.2, 0.25) is 0 Å². The van der Waals surface area contributed by atoms with Crippen molar-refractivity contribution >= 4 is 17.8 Å². The Balaban J connectivity index is 1.68. The number of aromatic nitrogens is 1. The van der Waals surface area contributed by atoms with Gasteiger partial charge in [-0.2, -0.15) is 5.10 Å². The van der Waals surface area contributed by atoms with Crippen LogP contribution in [0.3, 0.4) is 0 Å². The molecule has 2 aromatic rings. The molecule has 1 aromatic heterocycles. The molecule has 1 atom stereocenters. The fourth-order valence-electron chi connectivity index (χ4n) is 3.14. The van der Waals surface area contributed by atoms with E-state index in [1.807, 2.05) is 55.4 Å². The molecule has 2 N–H and O–H groups in total. The Bertz CT molecular complexity index is 756. The maximum absolute atomic E-state index is 12.9. The minimum atomic E-state index is -0.329. The highest BCUT2D eigenvalue weighted by Gasteiger charge is 2.32. The van der Waals surface area contributed by atoms with E-state index in [1.165, 1.54) is 4.90 Å². The van der Waals surface area contributed by atoms with Crippen LogP contribution in [0.5, 0.6) is 0 Å². The normalized spacial score (nSPS) is 16.2. The number of quaternary nitrogens is 1. The fourth-order valence-corrected chi connectivity index (χ4v) is 3.14. The molecule has 1 aliphatic rings. The second kappa shape index (κ2) is 9.25. The number of hydrazone groups is 1. The molecule has 7 nitrogen and oxygen atoms in total. The van der Waals surface area contributed by atoms with Gasteiger partial charge < -0.3 is 14.5 Å². The average Bonchev–Trinajstić information content (AvgIpc) is 2.70. The Morgan fingerprint density at radius 1 is 1.19 bits per heavy atom. The van der Waals surface area contributed by atoms with Crippen molar-refractivity contribution in [2.45, 2.75) is 6.04 Å². The highest BCUT2D eigenvalue weighted by atomic mass is 16.5. The molecule has 0 unspecified atom stereocenters. The van der Waals surface area contributed by atoms with Gasteiger partial charge in [-0.3, -0.25) is 9.78 Å². The summed E-state index contributed by atoms with van der Waals surface area (Å²) in [7, 11) is 3.99. The summed E-state index contributed by atoms with van der Waals surface area (Å²) in [6.45, 7) is 2.89. The fraction of sp³-hybridized carbons (Fsp3) is 0.350. The first-order valence-electron chi connectivity index (χ1n) is 9.07. The summed E-state index contributed by atoms with van der Waals surface area (Å²) in [5, 5.41) is 4.16. The van der Waals surface area contributed by atoms with Gasteiger partial charge in [0.05, 0.1) is 19.4 Å². The standard InChI is InChI=1S/C20H25N5O2/c1-24(2)18-5-3-16(4-6-18)15-22-23-20(26)19(17-7-9-21-10-8-17)25-11-13-27-14-12-25/h3-10,15,19H,11-14H2,1-2H3,(H,23,26)/p+1/b22-15-/t19-/m0/s1. The topological polar surface area (TPSA) is 71.3 Å². The van der Waals surface area contributed by atoms with Crippen molar-refractivity contribution in [2.75, 3.05) is 45.3 Å². The van der Waals surface area contributed by atoms with Crippen LogP contribution < -0.4 is 15.2 Å². The Kier molecular flexibility index (Phi) is 6.51. The third-order valence-electron chi connectivity index (χ3n) is 4.64. The second-order valence-corrected chi connectivity index (χ2v) is 6.70. The van der Waals surface area contributed by atoms with Gasteiger partial charge in [0.1, 0.15) is 13.1 Å². The Morgan fingerprint density at radius 2 is 1.85 bits per heavy atom. The van der Waals surface area contributed by atoms with E-state index in [2.05, 4.69) is 15.5 Å². The van der Waals surface area contributed by atoms with Crippen LogP contribution in [0.2, 0.25) is 0 Å². The number of anilines is 1. The lowest BCUT2D eigenvalue weighted by atomic mass is 10.1. The molecule has 0 bridgehead atoms. The van der Waals surface area contributed by atoms with Gasteiger partial charge in [-0.15, -0.1) is 0 Å². The van der Waals surface area contributed by atoms with Crippen molar-refractivity contribution in [3.8, 4) is 0 Å². The van der Waals surface area contributed by atoms with Gasteiger partial charge in [-0.05, 0) is 29.8 Å². The molecule has 0 spiro atoms. The van der Waals surface area contributed by atoms with Crippen LogP contribution in [0.4, 0.5) is 5.69 Å². The molecule has 1 fully saturated rings. The molecular weight excluding hydrogens is 342 g/mol. The van der Waals surface area contributed by atoms with Crippen LogP contribution in [-0.2, 0) is 9.53 Å². The smallest absolute Gasteiger partial charge is 0.303 e. The van der Waals surface area contributed by atoms with Gasteiger partial charge in [0.15, 0.2) is 6.04 Å². The minimum absolute atomic E-state index is 0.126. The van der Waals surface area contributed by atoms with Crippen molar-refractivity contribution in [2.24, 2.45) is 5.10 Å². The van der Waals surface area contributed by atoms with E-state index >= 15 is 0 Å². The highest BCUT2D eigenvalue weighted by Crippen LogP contribution is 2.11. The van der Waals surface area contributed by atoms with Crippen molar-refractivity contribution in [3.05, 3.63) is 59.9 Å². The minimum Gasteiger partial charge on any atom is -0.378 e. The quantitative estimate of drug-likeness (QED) is 0.567. The van der Waals surface area contributed by atoms with E-state index in [-0.39, 0.29) is 11.9 Å². The number of morpholine rings is 1. The van der Waals surface area contributed by atoms with E-state index in [9.17, 15) is 4.79 Å². The van der Waals surface area contributed by atoms with E-state index in [4.69, 9.17) is 4.74 Å². The summed E-state index contributed by atoms with van der Waals surface area (Å²) >= 11 is 0. The zero-order valence-electron chi connectivity index (χ0n) is 15.8. The van der Waals surface area contributed by atoms with Crippen LogP contribution >= 0.6 is 0 Å². The maximum atomic E-state index is 12.9. The summed E-state index contributed by atoms with van der Waals surface area (Å²) < 4.78 is 5.43. The number of nitrogens with zero attached hydrogens (tertiary/aromatic N) is 3. The van der Waals surface area contributed by atoms with Gasteiger partial charge in [-0.25, -0.2) is 5.43 Å². The summed E-state index contributed by atoms with van der Waals surface area (Å²) in [4.78, 5) is 20.1. The number of rotatable bonds is 6. The maximum Gasteiger partial charge on any atom is 0.303 e. The zero-order chi connectivity index (χ0) is 19.1. The number of nitrogens with one attached hydrogen (secondary N) is 2. The molecule has 0 radical (unpaired) electrons. The number of pyridine rings is 1. The molecule has 3 rings (SSSR count). The van der Waals surface area contributed by atoms with Crippen LogP contribution in [0, 0.1) is 0 Å². The number of carbonyl (C=O) groups is 1.